The summed E-state index contributed by atoms with van der Waals surface area (Å²) in [6.45, 7) is 3.02. The molecule has 0 radical (unpaired) electrons. The van der Waals surface area contributed by atoms with Crippen molar-refractivity contribution in [1.29, 1.82) is 0 Å². The SMILES string of the molecule is CCc1ccc(CNC(=O)NCC2(O)CCC2)s1. The maximum atomic E-state index is 11.6. The number of hydrogen-bond donors (Lipinski definition) is 3. The van der Waals surface area contributed by atoms with Gasteiger partial charge in [0.25, 0.3) is 0 Å². The molecule has 0 aliphatic heterocycles. The van der Waals surface area contributed by atoms with Gasteiger partial charge in [0.15, 0.2) is 0 Å². The Kier molecular flexibility index (Phi) is 4.24. The highest BCUT2D eigenvalue weighted by molar-refractivity contribution is 7.11. The van der Waals surface area contributed by atoms with Crippen LogP contribution in [0.25, 0.3) is 0 Å². The molecule has 0 atom stereocenters. The first kappa shape index (κ1) is 13.4. The first-order valence-corrected chi connectivity index (χ1v) is 7.25. The summed E-state index contributed by atoms with van der Waals surface area (Å²) in [6.07, 6.45) is 3.66. The van der Waals surface area contributed by atoms with Gasteiger partial charge in [-0.05, 0) is 37.8 Å². The number of hydrogen-bond acceptors (Lipinski definition) is 3. The van der Waals surface area contributed by atoms with Crippen molar-refractivity contribution in [3.05, 3.63) is 21.9 Å². The molecule has 2 rings (SSSR count). The van der Waals surface area contributed by atoms with Crippen molar-refractivity contribution in [3.8, 4) is 0 Å². The summed E-state index contributed by atoms with van der Waals surface area (Å²) in [5.41, 5.74) is -0.657. The van der Waals surface area contributed by atoms with Crippen LogP contribution in [-0.2, 0) is 13.0 Å². The zero-order valence-electron chi connectivity index (χ0n) is 10.7. The predicted molar refractivity (Wildman–Crippen MR) is 72.7 cm³/mol. The molecule has 1 saturated carbocycles. The van der Waals surface area contributed by atoms with Gasteiger partial charge < -0.3 is 15.7 Å². The Morgan fingerprint density at radius 2 is 2.11 bits per heavy atom. The van der Waals surface area contributed by atoms with E-state index in [0.717, 1.165) is 30.6 Å². The average Bonchev–Trinajstić information content (AvgIpc) is 2.79. The summed E-state index contributed by atoms with van der Waals surface area (Å²) in [7, 11) is 0. The molecule has 5 heteroatoms. The van der Waals surface area contributed by atoms with Gasteiger partial charge in [0.2, 0.25) is 0 Å². The Hall–Kier alpha value is -1.07. The van der Waals surface area contributed by atoms with Crippen LogP contribution < -0.4 is 10.6 Å². The number of thiophene rings is 1. The van der Waals surface area contributed by atoms with Crippen molar-refractivity contribution in [2.24, 2.45) is 0 Å². The maximum Gasteiger partial charge on any atom is 0.315 e. The third kappa shape index (κ3) is 3.46. The average molecular weight is 268 g/mol. The Morgan fingerprint density at radius 1 is 1.39 bits per heavy atom. The first-order chi connectivity index (χ1) is 8.61. The Morgan fingerprint density at radius 3 is 2.67 bits per heavy atom. The summed E-state index contributed by atoms with van der Waals surface area (Å²) < 4.78 is 0. The summed E-state index contributed by atoms with van der Waals surface area (Å²) in [6, 6.07) is 3.93. The van der Waals surface area contributed by atoms with Crippen LogP contribution in [0.1, 0.15) is 35.9 Å². The van der Waals surface area contributed by atoms with Gasteiger partial charge in [-0.15, -0.1) is 11.3 Å². The lowest BCUT2D eigenvalue weighted by atomic mass is 9.80. The highest BCUT2D eigenvalue weighted by Gasteiger charge is 2.34. The van der Waals surface area contributed by atoms with Crippen LogP contribution in [0, 0.1) is 0 Å². The van der Waals surface area contributed by atoms with Crippen LogP contribution in [-0.4, -0.2) is 23.3 Å². The highest BCUT2D eigenvalue weighted by atomic mass is 32.1. The number of rotatable bonds is 5. The molecule has 0 unspecified atom stereocenters. The van der Waals surface area contributed by atoms with E-state index in [2.05, 4.69) is 23.6 Å². The Bertz CT molecular complexity index is 413. The molecule has 0 saturated heterocycles. The maximum absolute atomic E-state index is 11.6. The number of aryl methyl sites for hydroxylation is 1. The van der Waals surface area contributed by atoms with Gasteiger partial charge in [0.05, 0.1) is 12.1 Å². The number of nitrogens with one attached hydrogen (secondary N) is 2. The summed E-state index contributed by atoms with van der Waals surface area (Å²) in [4.78, 5) is 14.0. The van der Waals surface area contributed by atoms with Crippen molar-refractivity contribution in [2.75, 3.05) is 6.54 Å². The zero-order valence-corrected chi connectivity index (χ0v) is 11.5. The van der Waals surface area contributed by atoms with E-state index in [1.54, 1.807) is 11.3 Å². The Labute approximate surface area is 111 Å². The molecule has 1 fully saturated rings. The fraction of sp³-hybridized carbons (Fsp3) is 0.615. The zero-order chi connectivity index (χ0) is 13.0. The van der Waals surface area contributed by atoms with E-state index in [-0.39, 0.29) is 6.03 Å². The van der Waals surface area contributed by atoms with Crippen LogP contribution in [0.5, 0.6) is 0 Å². The van der Waals surface area contributed by atoms with Gasteiger partial charge in [0, 0.05) is 16.3 Å². The smallest absolute Gasteiger partial charge is 0.315 e. The lowest BCUT2D eigenvalue weighted by Gasteiger charge is -2.36. The van der Waals surface area contributed by atoms with Crippen molar-refractivity contribution >= 4 is 17.4 Å². The molecule has 1 aromatic rings. The normalized spacial score (nSPS) is 17.0. The molecule has 0 aromatic carbocycles. The van der Waals surface area contributed by atoms with Crippen LogP contribution in [0.15, 0.2) is 12.1 Å². The molecule has 1 aliphatic rings. The van der Waals surface area contributed by atoms with Crippen molar-refractivity contribution < 1.29 is 9.90 Å². The van der Waals surface area contributed by atoms with E-state index in [0.29, 0.717) is 13.1 Å². The van der Waals surface area contributed by atoms with Gasteiger partial charge >= 0.3 is 6.03 Å². The second-order valence-electron chi connectivity index (χ2n) is 4.84. The molecule has 4 nitrogen and oxygen atoms in total. The van der Waals surface area contributed by atoms with E-state index in [1.807, 2.05) is 6.07 Å². The van der Waals surface area contributed by atoms with Gasteiger partial charge in [-0.2, -0.15) is 0 Å². The van der Waals surface area contributed by atoms with Gasteiger partial charge in [0.1, 0.15) is 0 Å². The number of urea groups is 1. The molecule has 1 aromatic heterocycles. The number of carbonyl (C=O) groups is 1. The largest absolute Gasteiger partial charge is 0.388 e. The van der Waals surface area contributed by atoms with Crippen LogP contribution in [0.3, 0.4) is 0 Å². The second kappa shape index (κ2) is 5.71. The van der Waals surface area contributed by atoms with E-state index in [9.17, 15) is 9.90 Å². The molecule has 1 heterocycles. The topological polar surface area (TPSA) is 61.4 Å². The minimum atomic E-state index is -0.657. The van der Waals surface area contributed by atoms with E-state index in [4.69, 9.17) is 0 Å². The fourth-order valence-corrected chi connectivity index (χ4v) is 2.84. The fourth-order valence-electron chi connectivity index (χ4n) is 1.94. The lowest BCUT2D eigenvalue weighted by molar-refractivity contribution is -0.0290. The molecule has 0 bridgehead atoms. The van der Waals surface area contributed by atoms with E-state index in [1.165, 1.54) is 4.88 Å². The highest BCUT2D eigenvalue weighted by Crippen LogP contribution is 2.30. The monoisotopic (exact) mass is 268 g/mol. The van der Waals surface area contributed by atoms with Crippen LogP contribution >= 0.6 is 11.3 Å². The third-order valence-electron chi connectivity index (χ3n) is 3.35. The molecular weight excluding hydrogens is 248 g/mol. The lowest BCUT2D eigenvalue weighted by Crippen LogP contribution is -2.49. The summed E-state index contributed by atoms with van der Waals surface area (Å²) >= 11 is 1.72. The van der Waals surface area contributed by atoms with E-state index < -0.39 is 5.60 Å². The molecule has 3 N–H and O–H groups in total. The second-order valence-corrected chi connectivity index (χ2v) is 6.09. The van der Waals surface area contributed by atoms with Gasteiger partial charge in [-0.25, -0.2) is 4.79 Å². The van der Waals surface area contributed by atoms with Crippen molar-refractivity contribution in [1.82, 2.24) is 10.6 Å². The molecule has 2 amide bonds. The molecule has 100 valence electrons. The molecule has 0 spiro atoms. The van der Waals surface area contributed by atoms with Gasteiger partial charge in [-0.3, -0.25) is 0 Å². The van der Waals surface area contributed by atoms with Crippen molar-refractivity contribution in [2.45, 2.75) is 44.8 Å². The standard InChI is InChI=1S/C13H20N2O2S/c1-2-10-4-5-11(18-10)8-14-12(16)15-9-13(17)6-3-7-13/h4-5,17H,2-3,6-9H2,1H3,(H2,14,15,16). The van der Waals surface area contributed by atoms with E-state index >= 15 is 0 Å². The van der Waals surface area contributed by atoms with Crippen molar-refractivity contribution in [3.63, 3.8) is 0 Å². The number of aliphatic hydroxyl groups is 1. The number of carbonyl (C=O) groups excluding carboxylic acids is 1. The minimum Gasteiger partial charge on any atom is -0.388 e. The van der Waals surface area contributed by atoms with Crippen LogP contribution in [0.4, 0.5) is 4.79 Å². The molecular formula is C13H20N2O2S. The van der Waals surface area contributed by atoms with Gasteiger partial charge in [-0.1, -0.05) is 6.92 Å². The molecule has 1 aliphatic carbocycles. The molecule has 18 heavy (non-hydrogen) atoms. The third-order valence-corrected chi connectivity index (χ3v) is 4.58. The first-order valence-electron chi connectivity index (χ1n) is 6.43. The van der Waals surface area contributed by atoms with Crippen LogP contribution in [0.2, 0.25) is 0 Å². The summed E-state index contributed by atoms with van der Waals surface area (Å²) in [5, 5.41) is 15.4. The predicted octanol–water partition coefficient (Wildman–Crippen LogP) is 2.02. The quantitative estimate of drug-likeness (QED) is 0.765. The summed E-state index contributed by atoms with van der Waals surface area (Å²) in [5.74, 6) is 0. The Balaban J connectivity index is 1.68. The number of amides is 2. The minimum absolute atomic E-state index is 0.207.